The summed E-state index contributed by atoms with van der Waals surface area (Å²) in [5.41, 5.74) is 0. The number of nitrogens with one attached hydrogen (secondary N) is 1. The van der Waals surface area contributed by atoms with Crippen LogP contribution >= 0.6 is 0 Å². The molecule has 0 aromatic heterocycles. The molecule has 6 heteroatoms. The Labute approximate surface area is 112 Å². The van der Waals surface area contributed by atoms with Gasteiger partial charge < -0.3 is 15.2 Å². The van der Waals surface area contributed by atoms with E-state index in [0.717, 1.165) is 32.1 Å². The standard InChI is InChI=1S/C13H21NO5/c1-2-19-11(15)8-10(13(17)18)14-12(16)9-6-4-3-5-7-9/h9-10H,2-8H2,1H3,(H,14,16)(H,17,18)/t10-/m0/s1. The van der Waals surface area contributed by atoms with E-state index in [1.54, 1.807) is 6.92 Å². The van der Waals surface area contributed by atoms with Crippen LogP contribution in [0, 0.1) is 5.92 Å². The second-order valence-electron chi connectivity index (χ2n) is 4.74. The predicted octanol–water partition coefficient (Wildman–Crippen LogP) is 1.09. The van der Waals surface area contributed by atoms with E-state index in [1.165, 1.54) is 0 Å². The van der Waals surface area contributed by atoms with Crippen molar-refractivity contribution in [3.63, 3.8) is 0 Å². The Morgan fingerprint density at radius 2 is 1.89 bits per heavy atom. The molecule has 6 nitrogen and oxygen atoms in total. The van der Waals surface area contributed by atoms with Gasteiger partial charge in [0.2, 0.25) is 5.91 Å². The summed E-state index contributed by atoms with van der Waals surface area (Å²) >= 11 is 0. The number of rotatable bonds is 6. The molecule has 0 aromatic rings. The van der Waals surface area contributed by atoms with Crippen molar-refractivity contribution in [2.75, 3.05) is 6.61 Å². The Hall–Kier alpha value is -1.59. The zero-order valence-corrected chi connectivity index (χ0v) is 11.2. The number of carboxylic acids is 1. The highest BCUT2D eigenvalue weighted by molar-refractivity contribution is 5.88. The van der Waals surface area contributed by atoms with Gasteiger partial charge in [-0.3, -0.25) is 9.59 Å². The van der Waals surface area contributed by atoms with E-state index in [9.17, 15) is 14.4 Å². The fraction of sp³-hybridized carbons (Fsp3) is 0.769. The van der Waals surface area contributed by atoms with E-state index in [2.05, 4.69) is 5.32 Å². The molecule has 0 bridgehead atoms. The molecule has 0 radical (unpaired) electrons. The first-order chi connectivity index (χ1) is 9.04. The van der Waals surface area contributed by atoms with E-state index in [-0.39, 0.29) is 24.9 Å². The van der Waals surface area contributed by atoms with Crippen molar-refractivity contribution in [1.29, 1.82) is 0 Å². The van der Waals surface area contributed by atoms with Gasteiger partial charge in [-0.05, 0) is 19.8 Å². The van der Waals surface area contributed by atoms with Crippen LogP contribution in [-0.2, 0) is 19.1 Å². The minimum absolute atomic E-state index is 0.127. The second-order valence-corrected chi connectivity index (χ2v) is 4.74. The minimum atomic E-state index is -1.21. The number of hydrogen-bond donors (Lipinski definition) is 2. The summed E-state index contributed by atoms with van der Waals surface area (Å²) in [4.78, 5) is 34.2. The van der Waals surface area contributed by atoms with Gasteiger partial charge in [0.05, 0.1) is 13.0 Å². The van der Waals surface area contributed by atoms with E-state index < -0.39 is 18.0 Å². The molecular weight excluding hydrogens is 250 g/mol. The van der Waals surface area contributed by atoms with Crippen LogP contribution in [-0.4, -0.2) is 35.6 Å². The lowest BCUT2D eigenvalue weighted by atomic mass is 9.88. The molecule has 1 saturated carbocycles. The summed E-state index contributed by atoms with van der Waals surface area (Å²) in [6, 6.07) is -1.20. The topological polar surface area (TPSA) is 92.7 Å². The van der Waals surface area contributed by atoms with E-state index in [1.807, 2.05) is 0 Å². The largest absolute Gasteiger partial charge is 0.480 e. The fourth-order valence-corrected chi connectivity index (χ4v) is 2.24. The Morgan fingerprint density at radius 3 is 2.42 bits per heavy atom. The normalized spacial score (nSPS) is 17.5. The highest BCUT2D eigenvalue weighted by Gasteiger charge is 2.28. The second kappa shape index (κ2) is 7.76. The van der Waals surface area contributed by atoms with Crippen LogP contribution in [0.2, 0.25) is 0 Å². The molecule has 1 fully saturated rings. The van der Waals surface area contributed by atoms with Gasteiger partial charge in [0.15, 0.2) is 0 Å². The van der Waals surface area contributed by atoms with Crippen molar-refractivity contribution in [2.45, 2.75) is 51.5 Å². The molecule has 0 aliphatic heterocycles. The molecule has 2 N–H and O–H groups in total. The maximum atomic E-state index is 11.9. The lowest BCUT2D eigenvalue weighted by molar-refractivity contribution is -0.150. The van der Waals surface area contributed by atoms with Gasteiger partial charge in [-0.2, -0.15) is 0 Å². The highest BCUT2D eigenvalue weighted by atomic mass is 16.5. The first kappa shape index (κ1) is 15.5. The average molecular weight is 271 g/mol. The smallest absolute Gasteiger partial charge is 0.326 e. The van der Waals surface area contributed by atoms with Gasteiger partial charge in [0.25, 0.3) is 0 Å². The molecule has 0 aromatic carbocycles. The molecule has 1 rings (SSSR count). The molecule has 0 spiro atoms. The van der Waals surface area contributed by atoms with Crippen molar-refractivity contribution < 1.29 is 24.2 Å². The fourth-order valence-electron chi connectivity index (χ4n) is 2.24. The Bertz CT molecular complexity index is 336. The number of amides is 1. The van der Waals surface area contributed by atoms with Gasteiger partial charge in [0, 0.05) is 5.92 Å². The van der Waals surface area contributed by atoms with Crippen LogP contribution in [0.4, 0.5) is 0 Å². The van der Waals surface area contributed by atoms with Crippen LogP contribution in [0.25, 0.3) is 0 Å². The third kappa shape index (κ3) is 5.28. The predicted molar refractivity (Wildman–Crippen MR) is 67.4 cm³/mol. The third-order valence-electron chi connectivity index (χ3n) is 3.27. The van der Waals surface area contributed by atoms with Crippen molar-refractivity contribution in [3.05, 3.63) is 0 Å². The maximum absolute atomic E-state index is 11.9. The third-order valence-corrected chi connectivity index (χ3v) is 3.27. The first-order valence-corrected chi connectivity index (χ1v) is 6.73. The van der Waals surface area contributed by atoms with Gasteiger partial charge in [0.1, 0.15) is 6.04 Å². The molecule has 1 atom stereocenters. The average Bonchev–Trinajstić information content (AvgIpc) is 2.39. The van der Waals surface area contributed by atoms with Gasteiger partial charge in [-0.25, -0.2) is 4.79 Å². The van der Waals surface area contributed by atoms with Crippen LogP contribution in [0.5, 0.6) is 0 Å². The molecular formula is C13H21NO5. The summed E-state index contributed by atoms with van der Waals surface area (Å²) in [5.74, 6) is -2.22. The summed E-state index contributed by atoms with van der Waals surface area (Å²) in [7, 11) is 0. The first-order valence-electron chi connectivity index (χ1n) is 6.73. The zero-order chi connectivity index (χ0) is 14.3. The van der Waals surface area contributed by atoms with Gasteiger partial charge in [-0.1, -0.05) is 19.3 Å². The molecule has 0 heterocycles. The molecule has 108 valence electrons. The number of carboxylic acid groups (broad SMARTS) is 1. The van der Waals surface area contributed by atoms with Crippen LogP contribution in [0.3, 0.4) is 0 Å². The van der Waals surface area contributed by atoms with Crippen LogP contribution in [0.15, 0.2) is 0 Å². The molecule has 0 saturated heterocycles. The summed E-state index contributed by atoms with van der Waals surface area (Å²) < 4.78 is 4.70. The molecule has 19 heavy (non-hydrogen) atoms. The minimum Gasteiger partial charge on any atom is -0.480 e. The monoisotopic (exact) mass is 271 g/mol. The number of aliphatic carboxylic acids is 1. The van der Waals surface area contributed by atoms with E-state index in [4.69, 9.17) is 9.84 Å². The number of esters is 1. The quantitative estimate of drug-likeness (QED) is 0.705. The van der Waals surface area contributed by atoms with Crippen LogP contribution in [0.1, 0.15) is 45.4 Å². The summed E-state index contributed by atoms with van der Waals surface area (Å²) in [5, 5.41) is 11.5. The molecule has 1 aliphatic carbocycles. The number of carbonyl (C=O) groups excluding carboxylic acids is 2. The van der Waals surface area contributed by atoms with Crippen molar-refractivity contribution in [3.8, 4) is 0 Å². The van der Waals surface area contributed by atoms with Crippen LogP contribution < -0.4 is 5.32 Å². The molecule has 0 unspecified atom stereocenters. The number of hydrogen-bond acceptors (Lipinski definition) is 4. The van der Waals surface area contributed by atoms with E-state index in [0.29, 0.717) is 0 Å². The van der Waals surface area contributed by atoms with Crippen molar-refractivity contribution in [1.82, 2.24) is 5.32 Å². The van der Waals surface area contributed by atoms with Crippen molar-refractivity contribution in [2.24, 2.45) is 5.92 Å². The Balaban J connectivity index is 2.50. The maximum Gasteiger partial charge on any atom is 0.326 e. The number of ether oxygens (including phenoxy) is 1. The van der Waals surface area contributed by atoms with Gasteiger partial charge in [-0.15, -0.1) is 0 Å². The molecule has 1 amide bonds. The summed E-state index contributed by atoms with van der Waals surface area (Å²) in [6.45, 7) is 1.84. The molecule has 1 aliphatic rings. The SMILES string of the molecule is CCOC(=O)C[C@H](NC(=O)C1CCCCC1)C(=O)O. The van der Waals surface area contributed by atoms with E-state index >= 15 is 0 Å². The number of carbonyl (C=O) groups is 3. The summed E-state index contributed by atoms with van der Waals surface area (Å²) in [6.07, 6.45) is 4.35. The Kier molecular flexibility index (Phi) is 6.32. The Morgan fingerprint density at radius 1 is 1.26 bits per heavy atom. The lowest BCUT2D eigenvalue weighted by Crippen LogP contribution is -2.45. The highest BCUT2D eigenvalue weighted by Crippen LogP contribution is 2.23. The van der Waals surface area contributed by atoms with Crippen molar-refractivity contribution >= 4 is 17.8 Å². The van der Waals surface area contributed by atoms with Gasteiger partial charge >= 0.3 is 11.9 Å². The zero-order valence-electron chi connectivity index (χ0n) is 11.2. The lowest BCUT2D eigenvalue weighted by Gasteiger charge is -2.22.